The number of aryl methyl sites for hydroxylation is 1. The largest absolute Gasteiger partial charge is 0.393 e. The van der Waals surface area contributed by atoms with Gasteiger partial charge in [-0.2, -0.15) is 0 Å². The Bertz CT molecular complexity index is 710. The van der Waals surface area contributed by atoms with Crippen LogP contribution in [0, 0.1) is 5.92 Å². The molecule has 1 fully saturated rings. The van der Waals surface area contributed by atoms with E-state index in [2.05, 4.69) is 35.1 Å². The lowest BCUT2D eigenvalue weighted by Crippen LogP contribution is -2.37. The highest BCUT2D eigenvalue weighted by atomic mass is 16.3. The van der Waals surface area contributed by atoms with E-state index in [9.17, 15) is 9.90 Å². The third-order valence-electron chi connectivity index (χ3n) is 4.96. The van der Waals surface area contributed by atoms with Gasteiger partial charge in [-0.25, -0.2) is 4.79 Å². The second kappa shape index (κ2) is 7.26. The summed E-state index contributed by atoms with van der Waals surface area (Å²) in [4.78, 5) is 14.1. The number of carbonyl (C=O) groups is 1. The average molecular weight is 329 g/mol. The summed E-state index contributed by atoms with van der Waals surface area (Å²) in [5, 5.41) is 14.0. The van der Waals surface area contributed by atoms with E-state index in [-0.39, 0.29) is 18.1 Å². The SMILES string of the molecule is CCCn1ccc2cc(NC(=O)N(C)CC3CCCC3O)ccc21. The molecule has 0 radical (unpaired) electrons. The number of anilines is 1. The first kappa shape index (κ1) is 16.8. The minimum atomic E-state index is -0.269. The number of carbonyl (C=O) groups excluding carboxylic acids is 1. The summed E-state index contributed by atoms with van der Waals surface area (Å²) in [6, 6.07) is 7.98. The van der Waals surface area contributed by atoms with Gasteiger partial charge in [0, 0.05) is 48.8 Å². The number of aliphatic hydroxyl groups is 1. The van der Waals surface area contributed by atoms with E-state index in [1.165, 1.54) is 5.52 Å². The molecule has 24 heavy (non-hydrogen) atoms. The van der Waals surface area contributed by atoms with Crippen LogP contribution in [0.3, 0.4) is 0 Å². The molecule has 3 rings (SSSR count). The summed E-state index contributed by atoms with van der Waals surface area (Å²) in [6.45, 7) is 3.77. The van der Waals surface area contributed by atoms with Crippen LogP contribution in [-0.2, 0) is 6.54 Å². The predicted molar refractivity (Wildman–Crippen MR) is 97.2 cm³/mol. The summed E-state index contributed by atoms with van der Waals surface area (Å²) in [7, 11) is 1.79. The van der Waals surface area contributed by atoms with Gasteiger partial charge in [0.25, 0.3) is 0 Å². The number of urea groups is 1. The Balaban J connectivity index is 1.64. The molecule has 2 atom stereocenters. The fourth-order valence-electron chi connectivity index (χ4n) is 3.60. The van der Waals surface area contributed by atoms with Crippen LogP contribution in [0.1, 0.15) is 32.6 Å². The monoisotopic (exact) mass is 329 g/mol. The lowest BCUT2D eigenvalue weighted by atomic mass is 10.1. The molecule has 1 aliphatic carbocycles. The molecule has 2 N–H and O–H groups in total. The van der Waals surface area contributed by atoms with E-state index in [0.717, 1.165) is 43.3 Å². The highest BCUT2D eigenvalue weighted by Gasteiger charge is 2.27. The Morgan fingerprint density at radius 1 is 1.38 bits per heavy atom. The summed E-state index contributed by atoms with van der Waals surface area (Å²) < 4.78 is 2.23. The molecule has 0 aliphatic heterocycles. The molecule has 1 saturated carbocycles. The molecule has 1 aromatic heterocycles. The molecule has 0 bridgehead atoms. The number of nitrogens with zero attached hydrogens (tertiary/aromatic N) is 2. The van der Waals surface area contributed by atoms with Crippen molar-refractivity contribution in [2.45, 2.75) is 45.3 Å². The molecule has 1 aromatic carbocycles. The van der Waals surface area contributed by atoms with Crippen LogP contribution in [0.2, 0.25) is 0 Å². The highest BCUT2D eigenvalue weighted by molar-refractivity contribution is 5.92. The van der Waals surface area contributed by atoms with Crippen molar-refractivity contribution < 1.29 is 9.90 Å². The molecule has 2 unspecified atom stereocenters. The van der Waals surface area contributed by atoms with Gasteiger partial charge >= 0.3 is 6.03 Å². The maximum atomic E-state index is 12.4. The Morgan fingerprint density at radius 2 is 2.21 bits per heavy atom. The topological polar surface area (TPSA) is 57.5 Å². The fraction of sp³-hybridized carbons (Fsp3) is 0.526. The standard InChI is InChI=1S/C19H27N3O2/c1-3-10-22-11-9-14-12-16(7-8-17(14)22)20-19(24)21(2)13-15-5-4-6-18(15)23/h7-9,11-12,15,18,23H,3-6,10,13H2,1-2H3,(H,20,24). The summed E-state index contributed by atoms with van der Waals surface area (Å²) in [5.74, 6) is 0.200. The summed E-state index contributed by atoms with van der Waals surface area (Å²) in [6.07, 6.45) is 5.82. The van der Waals surface area contributed by atoms with E-state index < -0.39 is 0 Å². The number of amides is 2. The summed E-state index contributed by atoms with van der Waals surface area (Å²) >= 11 is 0. The van der Waals surface area contributed by atoms with Crippen molar-refractivity contribution in [2.24, 2.45) is 5.92 Å². The maximum Gasteiger partial charge on any atom is 0.321 e. The van der Waals surface area contributed by atoms with Crippen LogP contribution in [0.5, 0.6) is 0 Å². The van der Waals surface area contributed by atoms with Crippen molar-refractivity contribution >= 4 is 22.6 Å². The van der Waals surface area contributed by atoms with Gasteiger partial charge in [-0.15, -0.1) is 0 Å². The molecule has 5 heteroatoms. The zero-order valence-corrected chi connectivity index (χ0v) is 14.5. The van der Waals surface area contributed by atoms with Gasteiger partial charge in [0.1, 0.15) is 0 Å². The number of hydrogen-bond acceptors (Lipinski definition) is 2. The first-order chi connectivity index (χ1) is 11.6. The van der Waals surface area contributed by atoms with Gasteiger partial charge in [-0.05, 0) is 43.5 Å². The Hall–Kier alpha value is -2.01. The molecule has 0 spiro atoms. The average Bonchev–Trinajstić information content (AvgIpc) is 3.14. The van der Waals surface area contributed by atoms with Gasteiger partial charge in [-0.3, -0.25) is 0 Å². The van der Waals surface area contributed by atoms with Crippen LogP contribution in [-0.4, -0.2) is 40.3 Å². The normalized spacial score (nSPS) is 20.5. The zero-order valence-electron chi connectivity index (χ0n) is 14.5. The van der Waals surface area contributed by atoms with Crippen molar-refractivity contribution in [1.29, 1.82) is 0 Å². The van der Waals surface area contributed by atoms with Crippen molar-refractivity contribution in [2.75, 3.05) is 18.9 Å². The van der Waals surface area contributed by atoms with Crippen LogP contribution >= 0.6 is 0 Å². The smallest absolute Gasteiger partial charge is 0.321 e. The predicted octanol–water partition coefficient (Wildman–Crippen LogP) is 3.68. The van der Waals surface area contributed by atoms with Crippen LogP contribution in [0.15, 0.2) is 30.5 Å². The van der Waals surface area contributed by atoms with E-state index in [4.69, 9.17) is 0 Å². The Labute approximate surface area is 143 Å². The van der Waals surface area contributed by atoms with Crippen LogP contribution < -0.4 is 5.32 Å². The lowest BCUT2D eigenvalue weighted by molar-refractivity contribution is 0.116. The quantitative estimate of drug-likeness (QED) is 0.879. The maximum absolute atomic E-state index is 12.4. The van der Waals surface area contributed by atoms with Crippen molar-refractivity contribution in [1.82, 2.24) is 9.47 Å². The molecule has 2 amide bonds. The van der Waals surface area contributed by atoms with E-state index >= 15 is 0 Å². The van der Waals surface area contributed by atoms with Crippen molar-refractivity contribution in [3.05, 3.63) is 30.5 Å². The number of fused-ring (bicyclic) bond motifs is 1. The molecule has 2 aromatic rings. The van der Waals surface area contributed by atoms with Crippen LogP contribution in [0.4, 0.5) is 10.5 Å². The molecule has 1 heterocycles. The minimum absolute atomic E-state index is 0.124. The second-order valence-electron chi connectivity index (χ2n) is 6.85. The number of nitrogens with one attached hydrogen (secondary N) is 1. The molecule has 5 nitrogen and oxygen atoms in total. The first-order valence-electron chi connectivity index (χ1n) is 8.87. The van der Waals surface area contributed by atoms with Gasteiger partial charge in [-0.1, -0.05) is 13.3 Å². The molecule has 0 saturated heterocycles. The van der Waals surface area contributed by atoms with Gasteiger partial charge in [0.05, 0.1) is 6.10 Å². The Morgan fingerprint density at radius 3 is 2.92 bits per heavy atom. The first-order valence-corrected chi connectivity index (χ1v) is 8.87. The summed E-state index contributed by atoms with van der Waals surface area (Å²) in [5.41, 5.74) is 2.00. The number of aliphatic hydroxyl groups excluding tert-OH is 1. The minimum Gasteiger partial charge on any atom is -0.393 e. The fourth-order valence-corrected chi connectivity index (χ4v) is 3.60. The van der Waals surface area contributed by atoms with Crippen molar-refractivity contribution in [3.8, 4) is 0 Å². The van der Waals surface area contributed by atoms with Gasteiger partial charge in [0.15, 0.2) is 0 Å². The van der Waals surface area contributed by atoms with E-state index in [1.807, 2.05) is 12.1 Å². The number of rotatable bonds is 5. The Kier molecular flexibility index (Phi) is 5.09. The second-order valence-corrected chi connectivity index (χ2v) is 6.85. The molecule has 130 valence electrons. The number of aromatic nitrogens is 1. The highest BCUT2D eigenvalue weighted by Crippen LogP contribution is 2.26. The third-order valence-corrected chi connectivity index (χ3v) is 4.96. The van der Waals surface area contributed by atoms with E-state index in [1.54, 1.807) is 11.9 Å². The number of hydrogen-bond donors (Lipinski definition) is 2. The zero-order chi connectivity index (χ0) is 17.1. The molecular weight excluding hydrogens is 302 g/mol. The molecular formula is C19H27N3O2. The molecule has 1 aliphatic rings. The van der Waals surface area contributed by atoms with Gasteiger partial charge in [0.2, 0.25) is 0 Å². The van der Waals surface area contributed by atoms with Crippen LogP contribution in [0.25, 0.3) is 10.9 Å². The lowest BCUT2D eigenvalue weighted by Gasteiger charge is -2.23. The van der Waals surface area contributed by atoms with E-state index in [0.29, 0.717) is 6.54 Å². The third kappa shape index (κ3) is 3.56. The van der Waals surface area contributed by atoms with Gasteiger partial charge < -0.3 is 19.9 Å². The van der Waals surface area contributed by atoms with Crippen molar-refractivity contribution in [3.63, 3.8) is 0 Å². The number of benzene rings is 1.